The van der Waals surface area contributed by atoms with Gasteiger partial charge in [0.1, 0.15) is 0 Å². The van der Waals surface area contributed by atoms with Crippen molar-refractivity contribution in [2.75, 3.05) is 13.6 Å². The fourth-order valence-electron chi connectivity index (χ4n) is 1.71. The van der Waals surface area contributed by atoms with Crippen LogP contribution in [-0.4, -0.2) is 18.5 Å². The molecule has 1 aromatic rings. The Kier molecular flexibility index (Phi) is 4.52. The van der Waals surface area contributed by atoms with Gasteiger partial charge in [0, 0.05) is 17.6 Å². The van der Waals surface area contributed by atoms with Crippen LogP contribution in [0.2, 0.25) is 0 Å². The minimum Gasteiger partial charge on any atom is -0.301 e. The van der Waals surface area contributed by atoms with Crippen LogP contribution < -0.4 is 0 Å². The average Bonchev–Trinajstić information content (AvgIpc) is 2.16. The summed E-state index contributed by atoms with van der Waals surface area (Å²) in [4.78, 5) is 2.17. The predicted octanol–water partition coefficient (Wildman–Crippen LogP) is 3.43. The zero-order chi connectivity index (χ0) is 12.2. The van der Waals surface area contributed by atoms with Crippen LogP contribution in [-0.2, 0) is 6.54 Å². The first-order valence-corrected chi connectivity index (χ1v) is 6.06. The molecule has 3 heteroatoms. The molecule has 0 amide bonds. The lowest BCUT2D eigenvalue weighted by Gasteiger charge is -2.24. The van der Waals surface area contributed by atoms with E-state index in [0.29, 0.717) is 0 Å². The van der Waals surface area contributed by atoms with Crippen molar-refractivity contribution >= 4 is 15.9 Å². The highest BCUT2D eigenvalue weighted by Gasteiger charge is 2.18. The van der Waals surface area contributed by atoms with Gasteiger partial charge in [0.25, 0.3) is 0 Å². The molecule has 0 saturated heterocycles. The second-order valence-electron chi connectivity index (χ2n) is 4.80. The Labute approximate surface area is 106 Å². The maximum absolute atomic E-state index is 8.97. The van der Waals surface area contributed by atoms with Gasteiger partial charge in [-0.2, -0.15) is 5.26 Å². The molecule has 1 aromatic carbocycles. The van der Waals surface area contributed by atoms with E-state index in [1.165, 1.54) is 5.56 Å². The van der Waals surface area contributed by atoms with Crippen molar-refractivity contribution in [3.63, 3.8) is 0 Å². The molecule has 0 bridgehead atoms. The number of rotatable bonds is 4. The van der Waals surface area contributed by atoms with E-state index >= 15 is 0 Å². The molecule has 0 spiro atoms. The summed E-state index contributed by atoms with van der Waals surface area (Å²) in [5.41, 5.74) is 0.964. The molecular formula is C13H17BrN2. The van der Waals surface area contributed by atoms with E-state index in [4.69, 9.17) is 5.26 Å². The van der Waals surface area contributed by atoms with Crippen LogP contribution in [0.25, 0.3) is 0 Å². The largest absolute Gasteiger partial charge is 0.301 e. The van der Waals surface area contributed by atoms with E-state index in [1.807, 2.05) is 33.0 Å². The Morgan fingerprint density at radius 3 is 2.69 bits per heavy atom. The van der Waals surface area contributed by atoms with Gasteiger partial charge in [-0.05, 0) is 38.6 Å². The summed E-state index contributed by atoms with van der Waals surface area (Å²) in [5.74, 6) is 0. The Morgan fingerprint density at radius 1 is 1.44 bits per heavy atom. The Morgan fingerprint density at radius 2 is 2.12 bits per heavy atom. The third kappa shape index (κ3) is 4.34. The lowest BCUT2D eigenvalue weighted by Crippen LogP contribution is -2.29. The fraction of sp³-hybridized carbons (Fsp3) is 0.462. The van der Waals surface area contributed by atoms with Crippen molar-refractivity contribution in [2.45, 2.75) is 20.4 Å². The third-order valence-corrected chi connectivity index (χ3v) is 2.80. The highest BCUT2D eigenvalue weighted by atomic mass is 79.9. The summed E-state index contributed by atoms with van der Waals surface area (Å²) in [7, 11) is 2.04. The van der Waals surface area contributed by atoms with Crippen LogP contribution >= 0.6 is 15.9 Å². The van der Waals surface area contributed by atoms with Crippen LogP contribution in [0.4, 0.5) is 0 Å². The van der Waals surface area contributed by atoms with Gasteiger partial charge in [-0.1, -0.05) is 28.1 Å². The van der Waals surface area contributed by atoms with Crippen LogP contribution in [0.1, 0.15) is 19.4 Å². The maximum Gasteiger partial charge on any atom is 0.0697 e. The van der Waals surface area contributed by atoms with Crippen molar-refractivity contribution in [1.82, 2.24) is 4.90 Å². The highest BCUT2D eigenvalue weighted by Crippen LogP contribution is 2.17. The first-order chi connectivity index (χ1) is 7.43. The molecule has 0 aliphatic rings. The normalized spacial score (nSPS) is 11.5. The zero-order valence-electron chi connectivity index (χ0n) is 10.00. The second kappa shape index (κ2) is 5.47. The number of nitriles is 1. The zero-order valence-corrected chi connectivity index (χ0v) is 11.6. The van der Waals surface area contributed by atoms with Crippen molar-refractivity contribution in [2.24, 2.45) is 5.41 Å². The minimum atomic E-state index is -0.291. The number of nitrogens with zero attached hydrogens (tertiary/aromatic N) is 2. The van der Waals surface area contributed by atoms with Gasteiger partial charge in [0.15, 0.2) is 0 Å². The molecule has 0 aromatic heterocycles. The highest BCUT2D eigenvalue weighted by molar-refractivity contribution is 9.10. The average molecular weight is 281 g/mol. The molecule has 0 unspecified atom stereocenters. The van der Waals surface area contributed by atoms with Crippen molar-refractivity contribution < 1.29 is 0 Å². The molecule has 1 rings (SSSR count). The molecule has 0 heterocycles. The van der Waals surface area contributed by atoms with Gasteiger partial charge in [-0.25, -0.2) is 0 Å². The van der Waals surface area contributed by atoms with Crippen molar-refractivity contribution in [1.29, 1.82) is 5.26 Å². The van der Waals surface area contributed by atoms with Gasteiger partial charge in [0.05, 0.1) is 11.5 Å². The van der Waals surface area contributed by atoms with E-state index in [2.05, 4.69) is 39.0 Å². The summed E-state index contributed by atoms with van der Waals surface area (Å²) in [6.45, 7) is 5.56. The molecule has 0 aliphatic carbocycles. The Balaban J connectivity index is 2.59. The summed E-state index contributed by atoms with van der Waals surface area (Å²) in [6.07, 6.45) is 0. The smallest absolute Gasteiger partial charge is 0.0697 e. The Bertz CT molecular complexity index is 393. The van der Waals surface area contributed by atoms with Crippen molar-refractivity contribution in [3.8, 4) is 6.07 Å². The number of hydrogen-bond donors (Lipinski definition) is 0. The van der Waals surface area contributed by atoms with Crippen LogP contribution in [0, 0.1) is 16.7 Å². The first-order valence-electron chi connectivity index (χ1n) is 5.27. The molecule has 0 aliphatic heterocycles. The molecule has 0 fully saturated rings. The van der Waals surface area contributed by atoms with E-state index in [-0.39, 0.29) is 5.41 Å². The number of hydrogen-bond acceptors (Lipinski definition) is 2. The lowest BCUT2D eigenvalue weighted by molar-refractivity contribution is 0.248. The minimum absolute atomic E-state index is 0.291. The predicted molar refractivity (Wildman–Crippen MR) is 69.9 cm³/mol. The van der Waals surface area contributed by atoms with Gasteiger partial charge >= 0.3 is 0 Å². The molecule has 0 atom stereocenters. The van der Waals surface area contributed by atoms with E-state index in [9.17, 15) is 0 Å². The quantitative estimate of drug-likeness (QED) is 0.845. The molecule has 2 nitrogen and oxygen atoms in total. The molecule has 86 valence electrons. The second-order valence-corrected chi connectivity index (χ2v) is 5.71. The maximum atomic E-state index is 8.97. The lowest BCUT2D eigenvalue weighted by atomic mass is 9.95. The van der Waals surface area contributed by atoms with Gasteiger partial charge < -0.3 is 4.90 Å². The Hall–Kier alpha value is -0.850. The van der Waals surface area contributed by atoms with Crippen LogP contribution in [0.3, 0.4) is 0 Å². The molecule has 0 saturated carbocycles. The van der Waals surface area contributed by atoms with Crippen molar-refractivity contribution in [3.05, 3.63) is 34.3 Å². The summed E-state index contributed by atoms with van der Waals surface area (Å²) < 4.78 is 1.10. The number of halogens is 1. The fourth-order valence-corrected chi connectivity index (χ4v) is 2.16. The van der Waals surface area contributed by atoms with E-state index in [0.717, 1.165) is 17.6 Å². The summed E-state index contributed by atoms with van der Waals surface area (Å²) in [6, 6.07) is 10.6. The summed E-state index contributed by atoms with van der Waals surface area (Å²) in [5, 5.41) is 8.97. The van der Waals surface area contributed by atoms with Crippen LogP contribution in [0.5, 0.6) is 0 Å². The van der Waals surface area contributed by atoms with Gasteiger partial charge in [-0.15, -0.1) is 0 Å². The van der Waals surface area contributed by atoms with E-state index in [1.54, 1.807) is 0 Å². The molecular weight excluding hydrogens is 264 g/mol. The molecule has 16 heavy (non-hydrogen) atoms. The SMILES string of the molecule is CN(Cc1cccc(Br)c1)CC(C)(C)C#N. The van der Waals surface area contributed by atoms with Gasteiger partial charge in [0.2, 0.25) is 0 Å². The first kappa shape index (κ1) is 13.2. The number of benzene rings is 1. The standard InChI is InChI=1S/C13H17BrN2/c1-13(2,9-15)10-16(3)8-11-5-4-6-12(14)7-11/h4-7H,8,10H2,1-3H3. The summed E-state index contributed by atoms with van der Waals surface area (Å²) >= 11 is 3.46. The topological polar surface area (TPSA) is 27.0 Å². The molecule has 0 N–H and O–H groups in total. The molecule has 0 radical (unpaired) electrons. The monoisotopic (exact) mass is 280 g/mol. The third-order valence-electron chi connectivity index (χ3n) is 2.31. The van der Waals surface area contributed by atoms with Crippen LogP contribution in [0.15, 0.2) is 28.7 Å². The van der Waals surface area contributed by atoms with E-state index < -0.39 is 0 Å². The van der Waals surface area contributed by atoms with Gasteiger partial charge in [-0.3, -0.25) is 0 Å².